The third-order valence-electron chi connectivity index (χ3n) is 3.19. The van der Waals surface area contributed by atoms with Crippen LogP contribution in [0.15, 0.2) is 18.3 Å². The van der Waals surface area contributed by atoms with Crippen molar-refractivity contribution in [1.82, 2.24) is 4.98 Å². The molecule has 2 unspecified atom stereocenters. The Morgan fingerprint density at radius 2 is 2.35 bits per heavy atom. The van der Waals surface area contributed by atoms with E-state index in [1.54, 1.807) is 12.3 Å². The molecule has 17 heavy (non-hydrogen) atoms. The Morgan fingerprint density at radius 3 is 3.00 bits per heavy atom. The molecule has 1 aromatic rings. The van der Waals surface area contributed by atoms with Crippen molar-refractivity contribution in [3.63, 3.8) is 0 Å². The van der Waals surface area contributed by atoms with Crippen LogP contribution in [0.1, 0.15) is 29.8 Å². The Balaban J connectivity index is 1.90. The van der Waals surface area contributed by atoms with E-state index >= 15 is 0 Å². The van der Waals surface area contributed by atoms with Gasteiger partial charge in [0.25, 0.3) is 5.91 Å². The Labute approximate surface area is 101 Å². The number of primary amides is 1. The summed E-state index contributed by atoms with van der Waals surface area (Å²) in [6, 6.07) is 3.86. The first-order chi connectivity index (χ1) is 8.15. The number of pyridine rings is 1. The van der Waals surface area contributed by atoms with Crippen LogP contribution in [0, 0.1) is 5.92 Å². The molecule has 1 heterocycles. The van der Waals surface area contributed by atoms with Gasteiger partial charge in [0.2, 0.25) is 0 Å². The Morgan fingerprint density at radius 1 is 1.53 bits per heavy atom. The predicted octanol–water partition coefficient (Wildman–Crippen LogP) is 0.720. The van der Waals surface area contributed by atoms with Crippen LogP contribution < -0.4 is 16.8 Å². The van der Waals surface area contributed by atoms with Crippen molar-refractivity contribution in [1.29, 1.82) is 0 Å². The van der Waals surface area contributed by atoms with Gasteiger partial charge in [0.15, 0.2) is 0 Å². The van der Waals surface area contributed by atoms with Gasteiger partial charge in [-0.1, -0.05) is 0 Å². The molecular weight excluding hydrogens is 216 g/mol. The van der Waals surface area contributed by atoms with E-state index in [-0.39, 0.29) is 5.69 Å². The second-order valence-electron chi connectivity index (χ2n) is 4.61. The van der Waals surface area contributed by atoms with E-state index in [0.717, 1.165) is 25.1 Å². The topological polar surface area (TPSA) is 94.0 Å². The zero-order valence-electron chi connectivity index (χ0n) is 9.73. The van der Waals surface area contributed by atoms with Crippen molar-refractivity contribution in [2.75, 3.05) is 11.9 Å². The summed E-state index contributed by atoms with van der Waals surface area (Å²) >= 11 is 0. The quantitative estimate of drug-likeness (QED) is 0.715. The molecule has 2 atom stereocenters. The number of hydrogen-bond acceptors (Lipinski definition) is 4. The first-order valence-electron chi connectivity index (χ1n) is 5.90. The largest absolute Gasteiger partial charge is 0.385 e. The van der Waals surface area contributed by atoms with Crippen LogP contribution in [0.2, 0.25) is 0 Å². The third kappa shape index (κ3) is 3.17. The molecular formula is C12H18N4O. The van der Waals surface area contributed by atoms with Crippen LogP contribution in [-0.2, 0) is 0 Å². The monoisotopic (exact) mass is 234 g/mol. The van der Waals surface area contributed by atoms with Gasteiger partial charge in [0, 0.05) is 24.5 Å². The molecule has 0 bridgehead atoms. The molecule has 0 aliphatic heterocycles. The van der Waals surface area contributed by atoms with Crippen molar-refractivity contribution in [3.8, 4) is 0 Å². The van der Waals surface area contributed by atoms with Crippen LogP contribution in [0.5, 0.6) is 0 Å². The molecule has 1 aliphatic rings. The minimum absolute atomic E-state index is 0.290. The van der Waals surface area contributed by atoms with Crippen LogP contribution in [0.3, 0.4) is 0 Å². The second-order valence-corrected chi connectivity index (χ2v) is 4.61. The van der Waals surface area contributed by atoms with E-state index in [0.29, 0.717) is 12.0 Å². The van der Waals surface area contributed by atoms with Gasteiger partial charge in [-0.3, -0.25) is 9.78 Å². The molecule has 1 saturated carbocycles. The molecule has 1 fully saturated rings. The number of aromatic nitrogens is 1. The lowest BCUT2D eigenvalue weighted by molar-refractivity contribution is 0.0995. The summed E-state index contributed by atoms with van der Waals surface area (Å²) in [5.41, 5.74) is 12.2. The normalized spacial score (nSPS) is 23.6. The van der Waals surface area contributed by atoms with Crippen molar-refractivity contribution in [2.45, 2.75) is 25.3 Å². The molecule has 0 spiro atoms. The van der Waals surface area contributed by atoms with Gasteiger partial charge in [-0.05, 0) is 37.3 Å². The van der Waals surface area contributed by atoms with Crippen LogP contribution in [-0.4, -0.2) is 23.5 Å². The minimum Gasteiger partial charge on any atom is -0.385 e. The maximum absolute atomic E-state index is 11.0. The maximum Gasteiger partial charge on any atom is 0.267 e. The van der Waals surface area contributed by atoms with Gasteiger partial charge in [-0.15, -0.1) is 0 Å². The summed E-state index contributed by atoms with van der Waals surface area (Å²) in [5, 5.41) is 3.30. The number of amides is 1. The highest BCUT2D eigenvalue weighted by Gasteiger charge is 2.21. The summed E-state index contributed by atoms with van der Waals surface area (Å²) in [6.07, 6.45) is 4.93. The van der Waals surface area contributed by atoms with Crippen molar-refractivity contribution >= 4 is 11.6 Å². The number of anilines is 1. The minimum atomic E-state index is -0.503. The number of nitrogens with zero attached hydrogens (tertiary/aromatic N) is 1. The van der Waals surface area contributed by atoms with Gasteiger partial charge >= 0.3 is 0 Å². The summed E-state index contributed by atoms with van der Waals surface area (Å²) in [7, 11) is 0. The predicted molar refractivity (Wildman–Crippen MR) is 66.6 cm³/mol. The number of rotatable bonds is 4. The van der Waals surface area contributed by atoms with Gasteiger partial charge in [0.05, 0.1) is 0 Å². The maximum atomic E-state index is 11.0. The molecule has 1 aromatic heterocycles. The highest BCUT2D eigenvalue weighted by molar-refractivity contribution is 5.91. The summed E-state index contributed by atoms with van der Waals surface area (Å²) < 4.78 is 0. The van der Waals surface area contributed by atoms with E-state index in [9.17, 15) is 4.79 Å². The van der Waals surface area contributed by atoms with Gasteiger partial charge in [-0.25, -0.2) is 0 Å². The third-order valence-corrected chi connectivity index (χ3v) is 3.19. The fourth-order valence-electron chi connectivity index (χ4n) is 2.24. The highest BCUT2D eigenvalue weighted by Crippen LogP contribution is 2.24. The SMILES string of the molecule is NC(=O)c1cc(NCC2CCC(N)C2)ccn1. The van der Waals surface area contributed by atoms with E-state index in [2.05, 4.69) is 10.3 Å². The lowest BCUT2D eigenvalue weighted by Crippen LogP contribution is -2.18. The van der Waals surface area contributed by atoms with Crippen molar-refractivity contribution < 1.29 is 4.79 Å². The van der Waals surface area contributed by atoms with Gasteiger partial charge in [0.1, 0.15) is 5.69 Å². The van der Waals surface area contributed by atoms with E-state index in [1.165, 1.54) is 6.42 Å². The van der Waals surface area contributed by atoms with Crippen LogP contribution in [0.25, 0.3) is 0 Å². The lowest BCUT2D eigenvalue weighted by atomic mass is 10.1. The van der Waals surface area contributed by atoms with Gasteiger partial charge in [-0.2, -0.15) is 0 Å². The Hall–Kier alpha value is -1.62. The number of hydrogen-bond donors (Lipinski definition) is 3. The molecule has 2 rings (SSSR count). The molecule has 92 valence electrons. The molecule has 1 amide bonds. The van der Waals surface area contributed by atoms with E-state index in [1.807, 2.05) is 6.07 Å². The van der Waals surface area contributed by atoms with Crippen LogP contribution in [0.4, 0.5) is 5.69 Å². The average molecular weight is 234 g/mol. The smallest absolute Gasteiger partial charge is 0.267 e. The van der Waals surface area contributed by atoms with Crippen LogP contribution >= 0.6 is 0 Å². The van der Waals surface area contributed by atoms with Crippen molar-refractivity contribution in [3.05, 3.63) is 24.0 Å². The first-order valence-corrected chi connectivity index (χ1v) is 5.90. The first kappa shape index (κ1) is 11.9. The Bertz CT molecular complexity index is 407. The van der Waals surface area contributed by atoms with Gasteiger partial charge < -0.3 is 16.8 Å². The molecule has 0 radical (unpaired) electrons. The highest BCUT2D eigenvalue weighted by atomic mass is 16.1. The molecule has 0 saturated heterocycles. The number of nitrogens with one attached hydrogen (secondary N) is 1. The van der Waals surface area contributed by atoms with E-state index < -0.39 is 5.91 Å². The fourth-order valence-corrected chi connectivity index (χ4v) is 2.24. The second kappa shape index (κ2) is 5.14. The fraction of sp³-hybridized carbons (Fsp3) is 0.500. The molecule has 5 N–H and O–H groups in total. The standard InChI is InChI=1S/C12H18N4O/c13-9-2-1-8(5-9)7-16-10-3-4-15-11(6-10)12(14)17/h3-4,6,8-9H,1-2,5,7,13H2,(H2,14,17)(H,15,16). The number of carbonyl (C=O) groups is 1. The molecule has 5 nitrogen and oxygen atoms in total. The number of nitrogens with two attached hydrogens (primary N) is 2. The summed E-state index contributed by atoms with van der Waals surface area (Å²) in [4.78, 5) is 14.9. The van der Waals surface area contributed by atoms with Crippen molar-refractivity contribution in [2.24, 2.45) is 17.4 Å². The summed E-state index contributed by atoms with van der Waals surface area (Å²) in [5.74, 6) is 0.117. The summed E-state index contributed by atoms with van der Waals surface area (Å²) in [6.45, 7) is 0.885. The van der Waals surface area contributed by atoms with E-state index in [4.69, 9.17) is 11.5 Å². The Kier molecular flexibility index (Phi) is 3.58. The zero-order valence-corrected chi connectivity index (χ0v) is 9.73. The lowest BCUT2D eigenvalue weighted by Gasteiger charge is -2.12. The number of carbonyl (C=O) groups excluding carboxylic acids is 1. The zero-order chi connectivity index (χ0) is 12.3. The molecule has 0 aromatic carbocycles. The average Bonchev–Trinajstić information content (AvgIpc) is 2.73. The molecule has 1 aliphatic carbocycles. The molecule has 5 heteroatoms.